The lowest BCUT2D eigenvalue weighted by Crippen LogP contribution is -2.41. The Morgan fingerprint density at radius 2 is 2.14 bits per heavy atom. The Kier molecular flexibility index (Phi) is 4.19. The predicted octanol–water partition coefficient (Wildman–Crippen LogP) is 3.85. The monoisotopic (exact) mass is 302 g/mol. The molecule has 4 heteroatoms. The van der Waals surface area contributed by atoms with E-state index in [0.717, 1.165) is 28.6 Å². The first-order valence-electron chi connectivity index (χ1n) is 8.10. The molecule has 0 bridgehead atoms. The second kappa shape index (κ2) is 6.11. The number of aromatic amines is 1. The summed E-state index contributed by atoms with van der Waals surface area (Å²) in [5.41, 5.74) is 2.72. The van der Waals surface area contributed by atoms with Crippen LogP contribution >= 0.6 is 0 Å². The maximum Gasteiger partial charge on any atom is 0.224 e. The summed E-state index contributed by atoms with van der Waals surface area (Å²) in [7, 11) is 0. The van der Waals surface area contributed by atoms with Crippen molar-refractivity contribution in [2.45, 2.75) is 52.0 Å². The average molecular weight is 302 g/mol. The molecule has 1 aliphatic rings. The molecule has 1 amide bonds. The van der Waals surface area contributed by atoms with Crippen LogP contribution in [-0.2, 0) is 11.2 Å². The van der Waals surface area contributed by atoms with E-state index in [1.54, 1.807) is 6.07 Å². The van der Waals surface area contributed by atoms with Gasteiger partial charge in [0, 0.05) is 22.6 Å². The van der Waals surface area contributed by atoms with Gasteiger partial charge in [-0.2, -0.15) is 0 Å². The smallest absolute Gasteiger partial charge is 0.224 e. The highest BCUT2D eigenvalue weighted by atomic mass is 19.1. The largest absolute Gasteiger partial charge is 0.358 e. The lowest BCUT2D eigenvalue weighted by atomic mass is 9.86. The van der Waals surface area contributed by atoms with Crippen molar-refractivity contribution < 1.29 is 9.18 Å². The second-order valence-electron chi connectivity index (χ2n) is 6.53. The molecule has 2 aromatic rings. The van der Waals surface area contributed by atoms with Crippen molar-refractivity contribution in [2.75, 3.05) is 0 Å². The molecule has 2 unspecified atom stereocenters. The lowest BCUT2D eigenvalue weighted by Gasteiger charge is -2.29. The van der Waals surface area contributed by atoms with Gasteiger partial charge < -0.3 is 10.3 Å². The van der Waals surface area contributed by atoms with E-state index in [2.05, 4.69) is 17.2 Å². The first-order valence-corrected chi connectivity index (χ1v) is 8.10. The molecule has 1 heterocycles. The van der Waals surface area contributed by atoms with Gasteiger partial charge in [-0.05, 0) is 49.4 Å². The number of halogens is 1. The molecule has 3 nitrogen and oxygen atoms in total. The maximum absolute atomic E-state index is 13.5. The summed E-state index contributed by atoms with van der Waals surface area (Å²) in [6.07, 6.45) is 5.00. The topological polar surface area (TPSA) is 44.9 Å². The molecule has 3 rings (SSSR count). The highest BCUT2D eigenvalue weighted by Gasteiger charge is 2.23. The number of carbonyl (C=O) groups is 1. The van der Waals surface area contributed by atoms with Gasteiger partial charge in [-0.3, -0.25) is 4.79 Å². The number of carbonyl (C=O) groups excluding carboxylic acids is 1. The van der Waals surface area contributed by atoms with Gasteiger partial charge in [0.1, 0.15) is 5.82 Å². The van der Waals surface area contributed by atoms with Gasteiger partial charge in [0.25, 0.3) is 0 Å². The van der Waals surface area contributed by atoms with E-state index in [9.17, 15) is 9.18 Å². The van der Waals surface area contributed by atoms with Crippen LogP contribution in [0.2, 0.25) is 0 Å². The maximum atomic E-state index is 13.5. The first-order chi connectivity index (χ1) is 10.5. The summed E-state index contributed by atoms with van der Waals surface area (Å²) in [6, 6.07) is 4.95. The third kappa shape index (κ3) is 3.01. The summed E-state index contributed by atoms with van der Waals surface area (Å²) in [6.45, 7) is 4.14. The molecular weight excluding hydrogens is 279 g/mol. The molecule has 118 valence electrons. The Balaban J connectivity index is 1.76. The molecule has 2 atom stereocenters. The quantitative estimate of drug-likeness (QED) is 0.888. The zero-order valence-electron chi connectivity index (χ0n) is 13.2. The zero-order chi connectivity index (χ0) is 15.7. The van der Waals surface area contributed by atoms with E-state index < -0.39 is 0 Å². The van der Waals surface area contributed by atoms with Gasteiger partial charge in [0.15, 0.2) is 0 Å². The van der Waals surface area contributed by atoms with E-state index in [1.807, 2.05) is 6.92 Å². The van der Waals surface area contributed by atoms with Crippen LogP contribution in [0, 0.1) is 18.7 Å². The Labute approximate surface area is 130 Å². The fraction of sp³-hybridized carbons (Fsp3) is 0.500. The summed E-state index contributed by atoms with van der Waals surface area (Å²) in [5, 5.41) is 3.98. The van der Waals surface area contributed by atoms with Gasteiger partial charge >= 0.3 is 0 Å². The minimum absolute atomic E-state index is 0.0343. The van der Waals surface area contributed by atoms with Crippen LogP contribution in [0.4, 0.5) is 4.39 Å². The molecular formula is C18H23FN2O. The van der Waals surface area contributed by atoms with E-state index in [-0.39, 0.29) is 17.8 Å². The molecule has 2 N–H and O–H groups in total. The molecule has 1 aromatic carbocycles. The van der Waals surface area contributed by atoms with Crippen LogP contribution in [0.3, 0.4) is 0 Å². The standard InChI is InChI=1S/C18H23FN2O/c1-11-5-3-4-6-16(11)21-18(22)10-14-12(2)20-17-8-7-13(19)9-15(14)17/h7-9,11,16,20H,3-6,10H2,1-2H3,(H,21,22). The number of aromatic nitrogens is 1. The van der Waals surface area contributed by atoms with E-state index in [0.29, 0.717) is 12.3 Å². The molecule has 22 heavy (non-hydrogen) atoms. The van der Waals surface area contributed by atoms with Gasteiger partial charge in [-0.1, -0.05) is 19.8 Å². The van der Waals surface area contributed by atoms with Crippen molar-refractivity contribution in [2.24, 2.45) is 5.92 Å². The van der Waals surface area contributed by atoms with E-state index >= 15 is 0 Å². The summed E-state index contributed by atoms with van der Waals surface area (Å²) in [5.74, 6) is 0.306. The number of aryl methyl sites for hydroxylation is 1. The molecule has 1 aromatic heterocycles. The van der Waals surface area contributed by atoms with Gasteiger partial charge in [-0.15, -0.1) is 0 Å². The van der Waals surface area contributed by atoms with Crippen molar-refractivity contribution in [1.29, 1.82) is 0 Å². The summed E-state index contributed by atoms with van der Waals surface area (Å²) >= 11 is 0. The molecule has 0 radical (unpaired) electrons. The van der Waals surface area contributed by atoms with Crippen molar-refractivity contribution in [1.82, 2.24) is 10.3 Å². The average Bonchev–Trinajstić information content (AvgIpc) is 2.77. The highest BCUT2D eigenvalue weighted by molar-refractivity contribution is 5.90. The van der Waals surface area contributed by atoms with Crippen molar-refractivity contribution in [3.05, 3.63) is 35.3 Å². The second-order valence-corrected chi connectivity index (χ2v) is 6.53. The van der Waals surface area contributed by atoms with Crippen LogP contribution in [0.1, 0.15) is 43.9 Å². The number of H-pyrrole nitrogens is 1. The van der Waals surface area contributed by atoms with E-state index in [1.165, 1.54) is 31.4 Å². The summed E-state index contributed by atoms with van der Waals surface area (Å²) in [4.78, 5) is 15.6. The van der Waals surface area contributed by atoms with Crippen LogP contribution in [0.15, 0.2) is 18.2 Å². The van der Waals surface area contributed by atoms with Gasteiger partial charge in [0.2, 0.25) is 5.91 Å². The third-order valence-corrected chi connectivity index (χ3v) is 4.88. The lowest BCUT2D eigenvalue weighted by molar-refractivity contribution is -0.121. The minimum Gasteiger partial charge on any atom is -0.358 e. The van der Waals surface area contributed by atoms with Crippen LogP contribution in [0.25, 0.3) is 10.9 Å². The van der Waals surface area contributed by atoms with E-state index in [4.69, 9.17) is 0 Å². The number of nitrogens with one attached hydrogen (secondary N) is 2. The highest BCUT2D eigenvalue weighted by Crippen LogP contribution is 2.25. The van der Waals surface area contributed by atoms with Crippen molar-refractivity contribution in [3.63, 3.8) is 0 Å². The fourth-order valence-electron chi connectivity index (χ4n) is 3.53. The fourth-order valence-corrected chi connectivity index (χ4v) is 3.53. The Morgan fingerprint density at radius 1 is 1.36 bits per heavy atom. The molecule has 1 fully saturated rings. The number of fused-ring (bicyclic) bond motifs is 1. The summed E-state index contributed by atoms with van der Waals surface area (Å²) < 4.78 is 13.5. The Bertz CT molecular complexity index is 692. The first kappa shape index (κ1) is 15.1. The van der Waals surface area contributed by atoms with Gasteiger partial charge in [-0.25, -0.2) is 4.39 Å². The van der Waals surface area contributed by atoms with Crippen molar-refractivity contribution in [3.8, 4) is 0 Å². The Morgan fingerprint density at radius 3 is 2.91 bits per heavy atom. The predicted molar refractivity (Wildman–Crippen MR) is 86.3 cm³/mol. The minimum atomic E-state index is -0.269. The zero-order valence-corrected chi connectivity index (χ0v) is 13.2. The molecule has 1 saturated carbocycles. The van der Waals surface area contributed by atoms with Crippen LogP contribution < -0.4 is 5.32 Å². The molecule has 0 spiro atoms. The number of hydrogen-bond donors (Lipinski definition) is 2. The van der Waals surface area contributed by atoms with Crippen molar-refractivity contribution >= 4 is 16.8 Å². The third-order valence-electron chi connectivity index (χ3n) is 4.88. The number of amides is 1. The Hall–Kier alpha value is -1.84. The van der Waals surface area contributed by atoms with Gasteiger partial charge in [0.05, 0.1) is 6.42 Å². The normalized spacial score (nSPS) is 22.0. The molecule has 0 saturated heterocycles. The molecule has 0 aliphatic heterocycles. The number of rotatable bonds is 3. The van der Waals surface area contributed by atoms with Crippen LogP contribution in [-0.4, -0.2) is 16.9 Å². The van der Waals surface area contributed by atoms with Crippen LogP contribution in [0.5, 0.6) is 0 Å². The molecule has 1 aliphatic carbocycles. The SMILES string of the molecule is Cc1[nH]c2ccc(F)cc2c1CC(=O)NC1CCCCC1C. The number of benzene rings is 1. The number of hydrogen-bond acceptors (Lipinski definition) is 1.